The van der Waals surface area contributed by atoms with Crippen LogP contribution in [0.1, 0.15) is 29.2 Å². The summed E-state index contributed by atoms with van der Waals surface area (Å²) < 4.78 is 0. The highest BCUT2D eigenvalue weighted by Crippen LogP contribution is 2.37. The molecule has 0 unspecified atom stereocenters. The van der Waals surface area contributed by atoms with Crippen LogP contribution in [-0.4, -0.2) is 16.6 Å². The normalized spacial score (nSPS) is 18.4. The summed E-state index contributed by atoms with van der Waals surface area (Å²) in [7, 11) is 0. The molecule has 1 heterocycles. The number of hydrogen-bond acceptors (Lipinski definition) is 2. The van der Waals surface area contributed by atoms with Gasteiger partial charge in [-0.05, 0) is 22.8 Å². The smallest absolute Gasteiger partial charge is 0.199 e. The van der Waals surface area contributed by atoms with Gasteiger partial charge in [-0.25, -0.2) is 4.99 Å². The Morgan fingerprint density at radius 3 is 2.18 bits per heavy atom. The largest absolute Gasteiger partial charge is 0.331 e. The van der Waals surface area contributed by atoms with Gasteiger partial charge < -0.3 is 10.2 Å². The molecule has 0 bridgehead atoms. The number of nitrogens with one attached hydrogen (secondary N) is 1. The predicted molar refractivity (Wildman–Crippen MR) is 134 cm³/mol. The first-order valence-electron chi connectivity index (χ1n) is 11.4. The molecule has 3 aromatic carbocycles. The van der Waals surface area contributed by atoms with Gasteiger partial charge in [0, 0.05) is 18.7 Å². The Morgan fingerprint density at radius 1 is 0.818 bits per heavy atom. The summed E-state index contributed by atoms with van der Waals surface area (Å²) in [5.74, 6) is 0.884. The number of para-hydroxylation sites is 1. The van der Waals surface area contributed by atoms with Crippen LogP contribution in [0.25, 0.3) is 0 Å². The molecular weight excluding hydrogens is 406 g/mol. The van der Waals surface area contributed by atoms with Crippen LogP contribution in [0.4, 0.5) is 5.69 Å². The molecule has 4 nitrogen and oxygen atoms in total. The van der Waals surface area contributed by atoms with Crippen LogP contribution >= 0.6 is 0 Å². The Kier molecular flexibility index (Phi) is 6.16. The Bertz CT molecular complexity index is 1190. The second-order valence-electron chi connectivity index (χ2n) is 8.43. The second-order valence-corrected chi connectivity index (χ2v) is 8.43. The van der Waals surface area contributed by atoms with Crippen molar-refractivity contribution in [3.8, 4) is 0 Å². The SMILES string of the molecule is O=C(C[C@H]1c2ccccc2NC(=NCc2ccccc2)N1Cc1ccccc1)C1C=CC=C1. The molecule has 2 aliphatic rings. The van der Waals surface area contributed by atoms with E-state index in [0.29, 0.717) is 19.5 Å². The Hall–Kier alpha value is -3.92. The van der Waals surface area contributed by atoms with E-state index < -0.39 is 0 Å². The maximum Gasteiger partial charge on any atom is 0.199 e. The van der Waals surface area contributed by atoms with Crippen molar-refractivity contribution in [2.75, 3.05) is 5.32 Å². The fourth-order valence-corrected chi connectivity index (χ4v) is 4.45. The highest BCUT2D eigenvalue weighted by molar-refractivity contribution is 5.98. The van der Waals surface area contributed by atoms with E-state index >= 15 is 0 Å². The zero-order chi connectivity index (χ0) is 22.5. The summed E-state index contributed by atoms with van der Waals surface area (Å²) in [4.78, 5) is 20.4. The molecule has 0 radical (unpaired) electrons. The van der Waals surface area contributed by atoms with Crippen molar-refractivity contribution >= 4 is 17.4 Å². The Balaban J connectivity index is 1.52. The Labute approximate surface area is 195 Å². The third-order valence-electron chi connectivity index (χ3n) is 6.18. The van der Waals surface area contributed by atoms with Crippen molar-refractivity contribution in [1.29, 1.82) is 0 Å². The number of guanidine groups is 1. The van der Waals surface area contributed by atoms with E-state index in [-0.39, 0.29) is 17.7 Å². The number of nitrogens with zero attached hydrogens (tertiary/aromatic N) is 2. The number of ketones is 1. The van der Waals surface area contributed by atoms with Gasteiger partial charge in [0.15, 0.2) is 5.96 Å². The maximum atomic E-state index is 13.2. The lowest BCUT2D eigenvalue weighted by Gasteiger charge is -2.40. The highest BCUT2D eigenvalue weighted by atomic mass is 16.1. The van der Waals surface area contributed by atoms with Gasteiger partial charge in [-0.1, -0.05) is 103 Å². The first-order chi connectivity index (χ1) is 16.3. The van der Waals surface area contributed by atoms with Gasteiger partial charge in [-0.15, -0.1) is 0 Å². The molecule has 0 aromatic heterocycles. The van der Waals surface area contributed by atoms with Crippen molar-refractivity contribution in [1.82, 2.24) is 4.90 Å². The fraction of sp³-hybridized carbons (Fsp3) is 0.172. The lowest BCUT2D eigenvalue weighted by atomic mass is 9.91. The molecule has 3 aromatic rings. The van der Waals surface area contributed by atoms with E-state index in [1.54, 1.807) is 0 Å². The third-order valence-corrected chi connectivity index (χ3v) is 6.18. The first kappa shape index (κ1) is 21.0. The van der Waals surface area contributed by atoms with E-state index in [0.717, 1.165) is 22.8 Å². The van der Waals surface area contributed by atoms with Gasteiger partial charge >= 0.3 is 0 Å². The third kappa shape index (κ3) is 4.80. The van der Waals surface area contributed by atoms with Crippen LogP contribution in [0.5, 0.6) is 0 Å². The van der Waals surface area contributed by atoms with Crippen LogP contribution in [0.2, 0.25) is 0 Å². The Morgan fingerprint density at radius 2 is 1.45 bits per heavy atom. The second kappa shape index (κ2) is 9.70. The number of carbonyl (C=O) groups excluding carboxylic acids is 1. The van der Waals surface area contributed by atoms with Crippen molar-refractivity contribution in [3.63, 3.8) is 0 Å². The van der Waals surface area contributed by atoms with Crippen molar-refractivity contribution in [2.24, 2.45) is 10.9 Å². The molecule has 164 valence electrons. The predicted octanol–water partition coefficient (Wildman–Crippen LogP) is 5.91. The zero-order valence-electron chi connectivity index (χ0n) is 18.5. The first-order valence-corrected chi connectivity index (χ1v) is 11.4. The molecule has 0 amide bonds. The summed E-state index contributed by atoms with van der Waals surface area (Å²) in [5.41, 5.74) is 4.48. The number of fused-ring (bicyclic) bond motifs is 1. The highest BCUT2D eigenvalue weighted by Gasteiger charge is 2.33. The van der Waals surface area contributed by atoms with Crippen LogP contribution in [0.3, 0.4) is 0 Å². The summed E-state index contributed by atoms with van der Waals surface area (Å²) in [6.45, 7) is 1.25. The summed E-state index contributed by atoms with van der Waals surface area (Å²) in [6, 6.07) is 28.8. The van der Waals surface area contributed by atoms with Gasteiger partial charge in [0.05, 0.1) is 18.5 Å². The molecule has 5 rings (SSSR count). The van der Waals surface area contributed by atoms with E-state index in [9.17, 15) is 4.79 Å². The van der Waals surface area contributed by atoms with Gasteiger partial charge in [0.1, 0.15) is 5.78 Å². The number of allylic oxidation sites excluding steroid dienone is 4. The van der Waals surface area contributed by atoms with Crippen LogP contribution < -0.4 is 5.32 Å². The van der Waals surface area contributed by atoms with E-state index in [1.807, 2.05) is 60.7 Å². The minimum Gasteiger partial charge on any atom is -0.331 e. The monoisotopic (exact) mass is 433 g/mol. The summed E-state index contributed by atoms with van der Waals surface area (Å²) in [6.07, 6.45) is 8.28. The van der Waals surface area contributed by atoms with E-state index in [4.69, 9.17) is 4.99 Å². The standard InChI is InChI=1S/C29H27N3O/c33-28(24-15-7-8-16-24)19-27-25-17-9-10-18-26(25)31-29(30-20-22-11-3-1-4-12-22)32(27)21-23-13-5-2-6-14-23/h1-18,24,27H,19-21H2,(H,30,31)/t27-/m0/s1. The number of aliphatic imine (C=N–C) groups is 1. The average molecular weight is 434 g/mol. The van der Waals surface area contributed by atoms with Gasteiger partial charge in [0.25, 0.3) is 0 Å². The van der Waals surface area contributed by atoms with Crippen LogP contribution in [0, 0.1) is 5.92 Å². The molecule has 1 N–H and O–H groups in total. The minimum absolute atomic E-state index is 0.0907. The minimum atomic E-state index is -0.143. The van der Waals surface area contributed by atoms with Gasteiger partial charge in [0.2, 0.25) is 0 Å². The summed E-state index contributed by atoms with van der Waals surface area (Å²) >= 11 is 0. The van der Waals surface area contributed by atoms with Crippen LogP contribution in [0.15, 0.2) is 114 Å². The average Bonchev–Trinajstić information content (AvgIpc) is 3.41. The van der Waals surface area contributed by atoms with Crippen LogP contribution in [-0.2, 0) is 17.9 Å². The number of benzene rings is 3. The van der Waals surface area contributed by atoms with E-state index in [2.05, 4.69) is 58.7 Å². The quantitative estimate of drug-likeness (QED) is 0.504. The van der Waals surface area contributed by atoms with Gasteiger partial charge in [-0.3, -0.25) is 4.79 Å². The number of hydrogen-bond donors (Lipinski definition) is 1. The molecule has 0 spiro atoms. The molecule has 1 aliphatic heterocycles. The van der Waals surface area contributed by atoms with Crippen molar-refractivity contribution in [3.05, 3.63) is 126 Å². The molecule has 0 saturated heterocycles. The lowest BCUT2D eigenvalue weighted by Crippen LogP contribution is -2.44. The maximum absolute atomic E-state index is 13.2. The molecule has 0 fully saturated rings. The summed E-state index contributed by atoms with van der Waals surface area (Å²) in [5, 5.41) is 3.55. The topological polar surface area (TPSA) is 44.7 Å². The van der Waals surface area contributed by atoms with Crippen molar-refractivity contribution in [2.45, 2.75) is 25.6 Å². The number of Topliss-reactive ketones (excluding diaryl/α,β-unsaturated/α-hetero) is 1. The molecule has 4 heteroatoms. The number of anilines is 1. The number of carbonyl (C=O) groups is 1. The fourth-order valence-electron chi connectivity index (χ4n) is 4.45. The molecule has 1 atom stereocenters. The van der Waals surface area contributed by atoms with Crippen molar-refractivity contribution < 1.29 is 4.79 Å². The zero-order valence-corrected chi connectivity index (χ0v) is 18.5. The lowest BCUT2D eigenvalue weighted by molar-refractivity contribution is -0.121. The number of rotatable bonds is 7. The molecule has 1 aliphatic carbocycles. The molecule has 0 saturated carbocycles. The van der Waals surface area contributed by atoms with E-state index in [1.165, 1.54) is 5.56 Å². The molecule has 33 heavy (non-hydrogen) atoms. The van der Waals surface area contributed by atoms with Gasteiger partial charge in [-0.2, -0.15) is 0 Å². The molecular formula is C29H27N3O.